The molecule has 3 rings (SSSR count). The molecule has 10 heteroatoms. The van der Waals surface area contributed by atoms with Crippen LogP contribution in [0.15, 0.2) is 23.5 Å². The van der Waals surface area contributed by atoms with Crippen LogP contribution in [0.3, 0.4) is 0 Å². The van der Waals surface area contributed by atoms with Crippen LogP contribution in [0.25, 0.3) is 0 Å². The highest BCUT2D eigenvalue weighted by Gasteiger charge is 2.36. The molecule has 2 fully saturated rings. The molecule has 2 N–H and O–H groups in total. The van der Waals surface area contributed by atoms with Gasteiger partial charge in [-0.1, -0.05) is 5.16 Å². The third-order valence-corrected chi connectivity index (χ3v) is 6.76. The molecule has 1 aromatic heterocycles. The molecule has 1 aromatic rings. The topological polar surface area (TPSA) is 121 Å². The summed E-state index contributed by atoms with van der Waals surface area (Å²) in [7, 11) is -3.38. The van der Waals surface area contributed by atoms with Crippen molar-refractivity contribution in [3.8, 4) is 0 Å². The molecular formula is C19H28N4O5S. The molecule has 29 heavy (non-hydrogen) atoms. The lowest BCUT2D eigenvalue weighted by Crippen LogP contribution is -2.43. The molecular weight excluding hydrogens is 396 g/mol. The van der Waals surface area contributed by atoms with Crippen LogP contribution >= 0.6 is 0 Å². The highest BCUT2D eigenvalue weighted by Crippen LogP contribution is 2.30. The number of oxime groups is 1. The second-order valence-corrected chi connectivity index (χ2v) is 10.5. The maximum Gasteiger partial charge on any atom is 0.410 e. The Hall–Kier alpha value is -2.36. The molecule has 0 radical (unpaired) electrons. The first kappa shape index (κ1) is 21.4. The van der Waals surface area contributed by atoms with E-state index >= 15 is 0 Å². The second kappa shape index (κ2) is 8.17. The fourth-order valence-corrected chi connectivity index (χ4v) is 4.64. The fraction of sp³-hybridized carbons (Fsp3) is 0.632. The Labute approximate surface area is 171 Å². The number of amides is 1. The summed E-state index contributed by atoms with van der Waals surface area (Å²) in [6.45, 7) is 6.43. The van der Waals surface area contributed by atoms with Gasteiger partial charge in [0, 0.05) is 25.2 Å². The van der Waals surface area contributed by atoms with E-state index in [4.69, 9.17) is 4.74 Å². The molecule has 2 heterocycles. The predicted molar refractivity (Wildman–Crippen MR) is 109 cm³/mol. The largest absolute Gasteiger partial charge is 0.444 e. The van der Waals surface area contributed by atoms with E-state index in [1.54, 1.807) is 17.0 Å². The lowest BCUT2D eigenvalue weighted by atomic mass is 9.90. The van der Waals surface area contributed by atoms with E-state index < -0.39 is 15.6 Å². The molecule has 0 bridgehead atoms. The van der Waals surface area contributed by atoms with Crippen LogP contribution in [-0.2, 0) is 14.8 Å². The van der Waals surface area contributed by atoms with Crippen molar-refractivity contribution in [1.29, 1.82) is 0 Å². The van der Waals surface area contributed by atoms with Crippen molar-refractivity contribution in [2.45, 2.75) is 57.3 Å². The van der Waals surface area contributed by atoms with Crippen molar-refractivity contribution in [2.75, 3.05) is 17.8 Å². The van der Waals surface area contributed by atoms with Crippen LogP contribution in [0, 0.1) is 5.92 Å². The van der Waals surface area contributed by atoms with Crippen LogP contribution < -0.4 is 4.72 Å². The number of ether oxygens (including phenoxy) is 1. The van der Waals surface area contributed by atoms with Gasteiger partial charge in [-0.25, -0.2) is 13.2 Å². The normalized spacial score (nSPS) is 19.1. The van der Waals surface area contributed by atoms with Crippen LogP contribution in [-0.4, -0.2) is 59.3 Å². The van der Waals surface area contributed by atoms with Crippen LogP contribution in [0.2, 0.25) is 0 Å². The van der Waals surface area contributed by atoms with Gasteiger partial charge in [0.2, 0.25) is 10.0 Å². The highest BCUT2D eigenvalue weighted by molar-refractivity contribution is 7.93. The minimum Gasteiger partial charge on any atom is -0.444 e. The number of nitrogens with one attached hydrogen (secondary N) is 1. The van der Waals surface area contributed by atoms with E-state index in [-0.39, 0.29) is 17.3 Å². The number of sulfonamides is 1. The number of anilines is 1. The molecule has 0 spiro atoms. The summed E-state index contributed by atoms with van der Waals surface area (Å²) in [5.41, 5.74) is 0.652. The standard InChI is InChI=1S/C19H28N4O5S/c1-19(2,3)28-18(24)23-10-7-13(8-11-23)17(21-25)16-12-14(6-9-20-16)22-29(26,27)15-4-5-15/h6,9,12-13,15,25H,4-5,7-8,10-11H2,1-3H3,(H,20,22)/b21-17+. The van der Waals surface area contributed by atoms with Crippen molar-refractivity contribution in [3.05, 3.63) is 24.0 Å². The lowest BCUT2D eigenvalue weighted by molar-refractivity contribution is 0.0201. The number of carbonyl (C=O) groups is 1. The summed E-state index contributed by atoms with van der Waals surface area (Å²) in [5.74, 6) is -0.0959. The van der Waals surface area contributed by atoms with Gasteiger partial charge in [0.05, 0.1) is 16.6 Å². The number of hydrogen-bond donors (Lipinski definition) is 2. The summed E-state index contributed by atoms with van der Waals surface area (Å²) in [4.78, 5) is 18.1. The van der Waals surface area contributed by atoms with Gasteiger partial charge in [-0.3, -0.25) is 9.71 Å². The molecule has 1 aliphatic heterocycles. The quantitative estimate of drug-likeness (QED) is 0.426. The Morgan fingerprint density at radius 1 is 1.28 bits per heavy atom. The molecule has 160 valence electrons. The number of pyridine rings is 1. The summed E-state index contributed by atoms with van der Waals surface area (Å²) >= 11 is 0. The van der Waals surface area contributed by atoms with E-state index in [2.05, 4.69) is 14.9 Å². The summed E-state index contributed by atoms with van der Waals surface area (Å²) in [6, 6.07) is 3.15. The molecule has 1 saturated heterocycles. The second-order valence-electron chi connectivity index (χ2n) is 8.50. The van der Waals surface area contributed by atoms with E-state index in [0.717, 1.165) is 0 Å². The number of piperidine rings is 1. The van der Waals surface area contributed by atoms with Crippen molar-refractivity contribution >= 4 is 27.5 Å². The third-order valence-electron chi connectivity index (χ3n) is 4.89. The molecule has 2 aliphatic rings. The first-order valence-electron chi connectivity index (χ1n) is 9.77. The maximum atomic E-state index is 12.2. The number of nitrogens with zero attached hydrogens (tertiary/aromatic N) is 3. The van der Waals surface area contributed by atoms with Crippen LogP contribution in [0.1, 0.15) is 52.1 Å². The van der Waals surface area contributed by atoms with E-state index in [1.165, 1.54) is 6.20 Å². The van der Waals surface area contributed by atoms with Gasteiger partial charge in [0.25, 0.3) is 0 Å². The van der Waals surface area contributed by atoms with Gasteiger partial charge in [-0.15, -0.1) is 0 Å². The Kier molecular flexibility index (Phi) is 6.02. The van der Waals surface area contributed by atoms with Crippen molar-refractivity contribution in [3.63, 3.8) is 0 Å². The van der Waals surface area contributed by atoms with Crippen LogP contribution in [0.5, 0.6) is 0 Å². The zero-order valence-corrected chi connectivity index (χ0v) is 17.8. The Morgan fingerprint density at radius 2 is 1.93 bits per heavy atom. The Bertz CT molecular complexity index is 882. The Morgan fingerprint density at radius 3 is 2.48 bits per heavy atom. The zero-order chi connectivity index (χ0) is 21.2. The average Bonchev–Trinajstić information content (AvgIpc) is 3.47. The molecule has 0 aromatic carbocycles. The SMILES string of the molecule is CC(C)(C)OC(=O)N1CCC(/C(=N\O)c2cc(NS(=O)(=O)C3CC3)ccn2)CC1. The molecule has 1 amide bonds. The number of hydrogen-bond acceptors (Lipinski definition) is 7. The molecule has 0 unspecified atom stereocenters. The molecule has 1 aliphatic carbocycles. The van der Waals surface area contributed by atoms with Gasteiger partial charge in [0.15, 0.2) is 0 Å². The first-order chi connectivity index (χ1) is 13.6. The summed E-state index contributed by atoms with van der Waals surface area (Å²) in [6.07, 6.45) is 3.67. The number of carbonyl (C=O) groups excluding carboxylic acids is 1. The molecule has 9 nitrogen and oxygen atoms in total. The van der Waals surface area contributed by atoms with E-state index in [1.807, 2.05) is 20.8 Å². The number of aromatic nitrogens is 1. The van der Waals surface area contributed by atoms with Crippen molar-refractivity contribution < 1.29 is 23.2 Å². The lowest BCUT2D eigenvalue weighted by Gasteiger charge is -2.33. The third kappa shape index (κ3) is 5.59. The molecule has 1 saturated carbocycles. The van der Waals surface area contributed by atoms with Crippen molar-refractivity contribution in [2.24, 2.45) is 11.1 Å². The zero-order valence-electron chi connectivity index (χ0n) is 17.0. The maximum absolute atomic E-state index is 12.2. The monoisotopic (exact) mass is 424 g/mol. The van der Waals surface area contributed by atoms with Gasteiger partial charge in [0.1, 0.15) is 11.3 Å². The van der Waals surface area contributed by atoms with Crippen LogP contribution in [0.4, 0.5) is 10.5 Å². The number of likely N-dealkylation sites (tertiary alicyclic amines) is 1. The predicted octanol–water partition coefficient (Wildman–Crippen LogP) is 2.81. The summed E-state index contributed by atoms with van der Waals surface area (Å²) in [5, 5.41) is 12.7. The Balaban J connectivity index is 1.65. The molecule has 0 atom stereocenters. The summed E-state index contributed by atoms with van der Waals surface area (Å²) < 4.78 is 32.3. The van der Waals surface area contributed by atoms with Gasteiger partial charge in [-0.2, -0.15) is 0 Å². The number of rotatable bonds is 5. The van der Waals surface area contributed by atoms with Gasteiger partial charge >= 0.3 is 6.09 Å². The van der Waals surface area contributed by atoms with Gasteiger partial charge < -0.3 is 14.8 Å². The first-order valence-corrected chi connectivity index (χ1v) is 11.3. The minimum absolute atomic E-state index is 0.0959. The average molecular weight is 425 g/mol. The van der Waals surface area contributed by atoms with Gasteiger partial charge in [-0.05, 0) is 58.6 Å². The smallest absolute Gasteiger partial charge is 0.410 e. The van der Waals surface area contributed by atoms with E-state index in [9.17, 15) is 18.4 Å². The fourth-order valence-electron chi connectivity index (χ4n) is 3.26. The van der Waals surface area contributed by atoms with Crippen molar-refractivity contribution in [1.82, 2.24) is 9.88 Å². The van der Waals surface area contributed by atoms with E-state index in [0.29, 0.717) is 55.9 Å². The minimum atomic E-state index is -3.38. The highest BCUT2D eigenvalue weighted by atomic mass is 32.2.